The lowest BCUT2D eigenvalue weighted by Gasteiger charge is -2.12. The largest absolute Gasteiger partial charge is 0.327 e. The van der Waals surface area contributed by atoms with Gasteiger partial charge in [-0.1, -0.05) is 15.9 Å². The number of carbonyl (C=O) groups is 3. The Labute approximate surface area is 150 Å². The fraction of sp³-hybridized carbons (Fsp3) is 0.250. The summed E-state index contributed by atoms with van der Waals surface area (Å²) in [6.45, 7) is 0.210. The predicted octanol–water partition coefficient (Wildman–Crippen LogP) is 2.35. The lowest BCUT2D eigenvalue weighted by Crippen LogP contribution is -2.31. The zero-order valence-corrected chi connectivity index (χ0v) is 15.3. The lowest BCUT2D eigenvalue weighted by molar-refractivity contribution is -0.118. The maximum absolute atomic E-state index is 12.3. The molecule has 1 aromatic heterocycles. The molecule has 2 heterocycles. The number of fused-ring (bicyclic) bond motifs is 1. The van der Waals surface area contributed by atoms with Gasteiger partial charge in [0.15, 0.2) is 4.80 Å². The molecule has 124 valence electrons. The van der Waals surface area contributed by atoms with Gasteiger partial charge in [0.05, 0.1) is 11.1 Å². The van der Waals surface area contributed by atoms with Crippen LogP contribution in [0.25, 0.3) is 0 Å². The first-order chi connectivity index (χ1) is 11.5. The summed E-state index contributed by atoms with van der Waals surface area (Å²) in [7, 11) is 1.82. The van der Waals surface area contributed by atoms with Gasteiger partial charge in [-0.3, -0.25) is 19.3 Å². The Morgan fingerprint density at radius 3 is 2.71 bits per heavy atom. The van der Waals surface area contributed by atoms with Crippen molar-refractivity contribution >= 4 is 45.0 Å². The maximum atomic E-state index is 12.3. The van der Waals surface area contributed by atoms with E-state index >= 15 is 0 Å². The fourth-order valence-electron chi connectivity index (χ4n) is 2.45. The van der Waals surface area contributed by atoms with E-state index < -0.39 is 0 Å². The minimum atomic E-state index is -0.314. The van der Waals surface area contributed by atoms with Gasteiger partial charge in [0, 0.05) is 36.1 Å². The van der Waals surface area contributed by atoms with Crippen LogP contribution in [0.2, 0.25) is 0 Å². The molecule has 0 saturated heterocycles. The second kappa shape index (κ2) is 6.82. The van der Waals surface area contributed by atoms with E-state index in [9.17, 15) is 14.4 Å². The monoisotopic (exact) mass is 407 g/mol. The molecule has 1 aliphatic rings. The highest BCUT2D eigenvalue weighted by Gasteiger charge is 2.35. The van der Waals surface area contributed by atoms with E-state index in [0.717, 1.165) is 4.47 Å². The smallest absolute Gasteiger partial charge is 0.261 e. The summed E-state index contributed by atoms with van der Waals surface area (Å²) in [5.41, 5.74) is 0.806. The minimum Gasteiger partial charge on any atom is -0.327 e. The summed E-state index contributed by atoms with van der Waals surface area (Å²) in [6.07, 6.45) is 2.41. The molecule has 8 heteroatoms. The van der Waals surface area contributed by atoms with Gasteiger partial charge in [0.25, 0.3) is 11.8 Å². The molecule has 0 spiro atoms. The second-order valence-electron chi connectivity index (χ2n) is 5.36. The van der Waals surface area contributed by atoms with Crippen molar-refractivity contribution in [3.63, 3.8) is 0 Å². The Balaban J connectivity index is 1.62. The van der Waals surface area contributed by atoms with Crippen LogP contribution in [0.3, 0.4) is 0 Å². The average molecular weight is 408 g/mol. The minimum absolute atomic E-state index is 0.189. The van der Waals surface area contributed by atoms with Gasteiger partial charge in [-0.25, -0.2) is 0 Å². The molecule has 2 aromatic rings. The Morgan fingerprint density at radius 1 is 1.25 bits per heavy atom. The summed E-state index contributed by atoms with van der Waals surface area (Å²) in [6, 6.07) is 5.01. The summed E-state index contributed by atoms with van der Waals surface area (Å²) >= 11 is 4.68. The number of imide groups is 1. The Morgan fingerprint density at radius 2 is 2.00 bits per heavy atom. The summed E-state index contributed by atoms with van der Waals surface area (Å²) in [4.78, 5) is 42.3. The third kappa shape index (κ3) is 3.25. The van der Waals surface area contributed by atoms with E-state index in [2.05, 4.69) is 20.9 Å². The van der Waals surface area contributed by atoms with Gasteiger partial charge in [-0.15, -0.1) is 11.3 Å². The van der Waals surface area contributed by atoms with Gasteiger partial charge in [-0.2, -0.15) is 4.99 Å². The van der Waals surface area contributed by atoms with E-state index in [1.807, 2.05) is 18.6 Å². The van der Waals surface area contributed by atoms with Gasteiger partial charge in [0.2, 0.25) is 5.91 Å². The average Bonchev–Trinajstić information content (AvgIpc) is 3.04. The molecule has 0 atom stereocenters. The van der Waals surface area contributed by atoms with Crippen molar-refractivity contribution in [1.82, 2.24) is 9.47 Å². The van der Waals surface area contributed by atoms with Crippen LogP contribution < -0.4 is 4.80 Å². The molecule has 0 radical (unpaired) electrons. The maximum Gasteiger partial charge on any atom is 0.261 e. The Hall–Kier alpha value is -2.06. The normalized spacial score (nSPS) is 14.4. The molecule has 1 aliphatic heterocycles. The number of benzene rings is 1. The van der Waals surface area contributed by atoms with E-state index in [1.54, 1.807) is 22.8 Å². The van der Waals surface area contributed by atoms with Crippen LogP contribution in [-0.4, -0.2) is 33.7 Å². The number of halogens is 1. The van der Waals surface area contributed by atoms with Crippen LogP contribution in [0.5, 0.6) is 0 Å². The van der Waals surface area contributed by atoms with E-state index in [0.29, 0.717) is 22.3 Å². The standard InChI is InChI=1S/C16H14BrN3O3S/c1-19-7-8-24-16(19)18-13(21)3-2-6-20-14(22)11-5-4-10(17)9-12(11)15(20)23/h4-5,7-9H,2-3,6H2,1H3. The molecule has 24 heavy (non-hydrogen) atoms. The summed E-state index contributed by atoms with van der Waals surface area (Å²) in [5.74, 6) is -0.880. The molecule has 0 saturated carbocycles. The van der Waals surface area contributed by atoms with Crippen LogP contribution in [0, 0.1) is 0 Å². The highest BCUT2D eigenvalue weighted by Crippen LogP contribution is 2.26. The molecule has 0 fully saturated rings. The van der Waals surface area contributed by atoms with Crippen LogP contribution in [0.4, 0.5) is 0 Å². The van der Waals surface area contributed by atoms with Crippen LogP contribution in [0.1, 0.15) is 33.6 Å². The van der Waals surface area contributed by atoms with Crippen molar-refractivity contribution < 1.29 is 14.4 Å². The Kier molecular flexibility index (Phi) is 4.77. The highest BCUT2D eigenvalue weighted by atomic mass is 79.9. The van der Waals surface area contributed by atoms with Crippen LogP contribution in [-0.2, 0) is 11.8 Å². The van der Waals surface area contributed by atoms with Gasteiger partial charge >= 0.3 is 0 Å². The van der Waals surface area contributed by atoms with Crippen molar-refractivity contribution in [2.24, 2.45) is 12.0 Å². The Bertz CT molecular complexity index is 900. The molecule has 0 N–H and O–H groups in total. The molecule has 0 unspecified atom stereocenters. The molecule has 0 bridgehead atoms. The summed E-state index contributed by atoms with van der Waals surface area (Å²) in [5, 5.41) is 1.85. The van der Waals surface area contributed by atoms with E-state index in [4.69, 9.17) is 0 Å². The molecule has 0 aliphatic carbocycles. The van der Waals surface area contributed by atoms with Crippen molar-refractivity contribution in [3.8, 4) is 0 Å². The SMILES string of the molecule is Cn1ccsc1=NC(=O)CCCN1C(=O)c2ccc(Br)cc2C1=O. The highest BCUT2D eigenvalue weighted by molar-refractivity contribution is 9.10. The third-order valence-electron chi connectivity index (χ3n) is 3.69. The van der Waals surface area contributed by atoms with E-state index in [-0.39, 0.29) is 30.7 Å². The predicted molar refractivity (Wildman–Crippen MR) is 92.6 cm³/mol. The fourth-order valence-corrected chi connectivity index (χ4v) is 3.56. The number of carbonyl (C=O) groups excluding carboxylic acids is 3. The first-order valence-corrected chi connectivity index (χ1v) is 8.98. The zero-order chi connectivity index (χ0) is 17.3. The number of aromatic nitrogens is 1. The van der Waals surface area contributed by atoms with Gasteiger partial charge < -0.3 is 4.57 Å². The second-order valence-corrected chi connectivity index (χ2v) is 7.15. The molecular formula is C16H14BrN3O3S. The first kappa shape index (κ1) is 16.8. The first-order valence-electron chi connectivity index (χ1n) is 7.31. The van der Waals surface area contributed by atoms with Gasteiger partial charge in [0.1, 0.15) is 0 Å². The molecule has 3 rings (SSSR count). The number of aryl methyl sites for hydroxylation is 1. The van der Waals surface area contributed by atoms with Gasteiger partial charge in [-0.05, 0) is 24.6 Å². The molecule has 3 amide bonds. The topological polar surface area (TPSA) is 71.7 Å². The molecule has 6 nitrogen and oxygen atoms in total. The number of nitrogens with zero attached hydrogens (tertiary/aromatic N) is 3. The van der Waals surface area contributed by atoms with Crippen molar-refractivity contribution in [2.75, 3.05) is 6.54 Å². The molecular weight excluding hydrogens is 394 g/mol. The number of amides is 3. The van der Waals surface area contributed by atoms with E-state index in [1.165, 1.54) is 16.2 Å². The number of thiazole rings is 1. The summed E-state index contributed by atoms with van der Waals surface area (Å²) < 4.78 is 2.52. The van der Waals surface area contributed by atoms with Crippen LogP contribution >= 0.6 is 27.3 Å². The lowest BCUT2D eigenvalue weighted by atomic mass is 10.1. The van der Waals surface area contributed by atoms with Crippen molar-refractivity contribution in [3.05, 3.63) is 50.2 Å². The van der Waals surface area contributed by atoms with Crippen LogP contribution in [0.15, 0.2) is 39.2 Å². The number of rotatable bonds is 4. The molecule has 1 aromatic carbocycles. The third-order valence-corrected chi connectivity index (χ3v) is 5.03. The van der Waals surface area contributed by atoms with Crippen molar-refractivity contribution in [1.29, 1.82) is 0 Å². The number of hydrogen-bond acceptors (Lipinski definition) is 4. The van der Waals surface area contributed by atoms with Crippen molar-refractivity contribution in [2.45, 2.75) is 12.8 Å². The number of hydrogen-bond donors (Lipinski definition) is 0. The zero-order valence-electron chi connectivity index (χ0n) is 12.9. The quantitative estimate of drug-likeness (QED) is 0.730.